The summed E-state index contributed by atoms with van der Waals surface area (Å²) in [6.07, 6.45) is 4.16. The molecule has 4 nitrogen and oxygen atoms in total. The summed E-state index contributed by atoms with van der Waals surface area (Å²) < 4.78 is 9.67. The smallest absolute Gasteiger partial charge is 0.343 e. The molecule has 1 aromatic rings. The van der Waals surface area contributed by atoms with E-state index >= 15 is 0 Å². The Morgan fingerprint density at radius 1 is 1.20 bits per heavy atom. The van der Waals surface area contributed by atoms with Gasteiger partial charge in [-0.1, -0.05) is 25.3 Å². The third-order valence-corrected chi connectivity index (χ3v) is 3.43. The highest BCUT2D eigenvalue weighted by atomic mass is 16.5. The fraction of sp³-hybridized carbons (Fsp3) is 0.250. The van der Waals surface area contributed by atoms with Crippen LogP contribution in [0.3, 0.4) is 0 Å². The van der Waals surface area contributed by atoms with Crippen molar-refractivity contribution in [2.24, 2.45) is 5.92 Å². The fourth-order valence-corrected chi connectivity index (χ4v) is 2.50. The highest BCUT2D eigenvalue weighted by Crippen LogP contribution is 2.29. The number of carbonyl (C=O) groups excluding carboxylic acids is 2. The maximum atomic E-state index is 11.9. The minimum absolute atomic E-state index is 0.252. The minimum Gasteiger partial charge on any atom is -0.435 e. The van der Waals surface area contributed by atoms with Gasteiger partial charge in [0.1, 0.15) is 0 Å². The predicted octanol–water partition coefficient (Wildman–Crippen LogP) is 2.78. The number of hydrogen-bond acceptors (Lipinski definition) is 4. The molecule has 0 radical (unpaired) electrons. The molecule has 4 heteroatoms. The molecule has 1 atom stereocenters. The van der Waals surface area contributed by atoms with Crippen LogP contribution < -0.4 is 0 Å². The van der Waals surface area contributed by atoms with Crippen LogP contribution in [0.15, 0.2) is 43.9 Å². The van der Waals surface area contributed by atoms with Crippen molar-refractivity contribution in [3.63, 3.8) is 0 Å². The van der Waals surface area contributed by atoms with Crippen molar-refractivity contribution in [3.05, 3.63) is 60.6 Å². The van der Waals surface area contributed by atoms with Gasteiger partial charge < -0.3 is 9.47 Å². The van der Waals surface area contributed by atoms with E-state index in [-0.39, 0.29) is 11.9 Å². The van der Waals surface area contributed by atoms with Gasteiger partial charge in [-0.3, -0.25) is 4.79 Å². The van der Waals surface area contributed by atoms with Gasteiger partial charge in [-0.25, -0.2) is 4.79 Å². The lowest BCUT2D eigenvalue weighted by molar-refractivity contribution is -0.143. The quantitative estimate of drug-likeness (QED) is 0.624. The molecule has 2 rings (SSSR count). The van der Waals surface area contributed by atoms with Crippen molar-refractivity contribution in [3.8, 4) is 0 Å². The Labute approximate surface area is 117 Å². The minimum atomic E-state index is -0.449. The van der Waals surface area contributed by atoms with E-state index in [0.717, 1.165) is 30.1 Å². The molecule has 0 saturated heterocycles. The number of fused-ring (bicyclic) bond motifs is 1. The average molecular weight is 272 g/mol. The lowest BCUT2D eigenvalue weighted by Crippen LogP contribution is -2.25. The SMILES string of the molecule is C=COC(=O)c1cccc2c1CC(C(=O)OC=C)CC2. The summed E-state index contributed by atoms with van der Waals surface area (Å²) in [6, 6.07) is 5.49. The molecule has 0 amide bonds. The van der Waals surface area contributed by atoms with Crippen molar-refractivity contribution < 1.29 is 19.1 Å². The summed E-state index contributed by atoms with van der Waals surface area (Å²) in [4.78, 5) is 23.7. The van der Waals surface area contributed by atoms with Crippen LogP contribution in [0, 0.1) is 5.92 Å². The number of aryl methyl sites for hydroxylation is 1. The van der Waals surface area contributed by atoms with E-state index < -0.39 is 5.97 Å². The summed E-state index contributed by atoms with van der Waals surface area (Å²) in [6.45, 7) is 6.76. The lowest BCUT2D eigenvalue weighted by atomic mass is 9.81. The van der Waals surface area contributed by atoms with Crippen molar-refractivity contribution in [2.45, 2.75) is 19.3 Å². The van der Waals surface area contributed by atoms with E-state index in [0.29, 0.717) is 18.4 Å². The number of hydrogen-bond donors (Lipinski definition) is 0. The molecule has 1 aliphatic rings. The molecule has 0 heterocycles. The van der Waals surface area contributed by atoms with Crippen LogP contribution in [0.2, 0.25) is 0 Å². The van der Waals surface area contributed by atoms with Crippen LogP contribution in [0.4, 0.5) is 0 Å². The van der Waals surface area contributed by atoms with E-state index in [1.165, 1.54) is 0 Å². The first-order chi connectivity index (χ1) is 9.67. The molecular formula is C16H16O4. The van der Waals surface area contributed by atoms with Crippen LogP contribution >= 0.6 is 0 Å². The van der Waals surface area contributed by atoms with Crippen molar-refractivity contribution in [1.29, 1.82) is 0 Å². The maximum Gasteiger partial charge on any atom is 0.343 e. The Hall–Kier alpha value is -2.36. The molecule has 104 valence electrons. The van der Waals surface area contributed by atoms with Gasteiger partial charge in [-0.15, -0.1) is 0 Å². The molecule has 0 fully saturated rings. The van der Waals surface area contributed by atoms with Gasteiger partial charge in [0, 0.05) is 0 Å². The number of esters is 2. The van der Waals surface area contributed by atoms with Crippen molar-refractivity contribution >= 4 is 11.9 Å². The summed E-state index contributed by atoms with van der Waals surface area (Å²) in [5, 5.41) is 0. The van der Waals surface area contributed by atoms with Gasteiger partial charge in [-0.05, 0) is 36.5 Å². The van der Waals surface area contributed by atoms with Gasteiger partial charge in [-0.2, -0.15) is 0 Å². The molecule has 20 heavy (non-hydrogen) atoms. The Kier molecular flexibility index (Phi) is 4.35. The van der Waals surface area contributed by atoms with Gasteiger partial charge >= 0.3 is 11.9 Å². The van der Waals surface area contributed by atoms with E-state index in [9.17, 15) is 9.59 Å². The van der Waals surface area contributed by atoms with Gasteiger partial charge in [0.05, 0.1) is 24.0 Å². The van der Waals surface area contributed by atoms with Gasteiger partial charge in [0.15, 0.2) is 0 Å². The zero-order valence-corrected chi connectivity index (χ0v) is 11.1. The highest BCUT2D eigenvalue weighted by molar-refractivity contribution is 5.92. The van der Waals surface area contributed by atoms with Crippen molar-refractivity contribution in [2.75, 3.05) is 0 Å². The lowest BCUT2D eigenvalue weighted by Gasteiger charge is -2.24. The monoisotopic (exact) mass is 272 g/mol. The van der Waals surface area contributed by atoms with Crippen LogP contribution in [-0.2, 0) is 27.1 Å². The molecule has 1 aromatic carbocycles. The third kappa shape index (κ3) is 2.79. The topological polar surface area (TPSA) is 52.6 Å². The molecule has 0 bridgehead atoms. The zero-order valence-electron chi connectivity index (χ0n) is 11.1. The number of rotatable bonds is 4. The van der Waals surface area contributed by atoms with E-state index in [2.05, 4.69) is 13.2 Å². The first-order valence-electron chi connectivity index (χ1n) is 6.41. The standard InChI is InChI=1S/C16H16O4/c1-3-19-15(17)12-9-8-11-6-5-7-13(14(11)10-12)16(18)20-4-2/h3-7,12H,1-2,8-10H2. The first-order valence-corrected chi connectivity index (χ1v) is 6.41. The van der Waals surface area contributed by atoms with Crippen molar-refractivity contribution in [1.82, 2.24) is 0 Å². The molecule has 0 N–H and O–H groups in total. The Morgan fingerprint density at radius 3 is 2.65 bits per heavy atom. The fourth-order valence-electron chi connectivity index (χ4n) is 2.50. The second kappa shape index (κ2) is 6.19. The molecule has 0 aliphatic heterocycles. The van der Waals surface area contributed by atoms with Crippen LogP contribution in [0.5, 0.6) is 0 Å². The van der Waals surface area contributed by atoms with Crippen LogP contribution in [0.25, 0.3) is 0 Å². The van der Waals surface area contributed by atoms with E-state index in [1.54, 1.807) is 6.07 Å². The molecule has 1 aliphatic carbocycles. The predicted molar refractivity (Wildman–Crippen MR) is 73.9 cm³/mol. The third-order valence-electron chi connectivity index (χ3n) is 3.43. The average Bonchev–Trinajstić information content (AvgIpc) is 2.46. The molecule has 0 aromatic heterocycles. The molecule has 1 unspecified atom stereocenters. The summed E-state index contributed by atoms with van der Waals surface area (Å²) >= 11 is 0. The Balaban J connectivity index is 2.29. The zero-order chi connectivity index (χ0) is 14.5. The molecule has 0 saturated carbocycles. The summed E-state index contributed by atoms with van der Waals surface area (Å²) in [5.41, 5.74) is 2.42. The number of ether oxygens (including phenoxy) is 2. The highest BCUT2D eigenvalue weighted by Gasteiger charge is 2.28. The number of benzene rings is 1. The second-order valence-electron chi connectivity index (χ2n) is 4.56. The first kappa shape index (κ1) is 14.1. The van der Waals surface area contributed by atoms with Crippen LogP contribution in [-0.4, -0.2) is 11.9 Å². The summed E-state index contributed by atoms with van der Waals surface area (Å²) in [5.74, 6) is -1.01. The summed E-state index contributed by atoms with van der Waals surface area (Å²) in [7, 11) is 0. The largest absolute Gasteiger partial charge is 0.435 e. The van der Waals surface area contributed by atoms with Gasteiger partial charge in [0.2, 0.25) is 0 Å². The maximum absolute atomic E-state index is 11.9. The van der Waals surface area contributed by atoms with Crippen LogP contribution in [0.1, 0.15) is 27.9 Å². The molecular weight excluding hydrogens is 256 g/mol. The molecule has 0 spiro atoms. The van der Waals surface area contributed by atoms with Gasteiger partial charge in [0.25, 0.3) is 0 Å². The second-order valence-corrected chi connectivity index (χ2v) is 4.56. The number of carbonyl (C=O) groups is 2. The Morgan fingerprint density at radius 2 is 1.95 bits per heavy atom. The Bertz CT molecular complexity index is 560. The van der Waals surface area contributed by atoms with E-state index in [1.807, 2.05) is 12.1 Å². The normalized spacial score (nSPS) is 16.7. The van der Waals surface area contributed by atoms with E-state index in [4.69, 9.17) is 9.47 Å².